The van der Waals surface area contributed by atoms with E-state index in [-0.39, 0.29) is 18.4 Å². The van der Waals surface area contributed by atoms with Gasteiger partial charge in [-0.3, -0.25) is 9.48 Å². The highest BCUT2D eigenvalue weighted by atomic mass is 19.1. The zero-order valence-corrected chi connectivity index (χ0v) is 15.8. The van der Waals surface area contributed by atoms with E-state index in [1.807, 2.05) is 29.1 Å². The maximum Gasteiger partial charge on any atom is 0.224 e. The second kappa shape index (κ2) is 8.45. The third kappa shape index (κ3) is 4.63. The number of fused-ring (bicyclic) bond motifs is 1. The molecule has 6 nitrogen and oxygen atoms in total. The molecule has 3 aromatic rings. The maximum atomic E-state index is 13.4. The van der Waals surface area contributed by atoms with Gasteiger partial charge in [0.1, 0.15) is 6.10 Å². The number of amides is 1. The predicted octanol–water partition coefficient (Wildman–Crippen LogP) is 2.75. The number of benzene rings is 2. The lowest BCUT2D eigenvalue weighted by Gasteiger charge is -2.22. The van der Waals surface area contributed by atoms with Crippen molar-refractivity contribution < 1.29 is 19.0 Å². The highest BCUT2D eigenvalue weighted by Crippen LogP contribution is 2.25. The minimum atomic E-state index is -0.737. The van der Waals surface area contributed by atoms with E-state index >= 15 is 0 Å². The van der Waals surface area contributed by atoms with E-state index in [0.717, 1.165) is 23.7 Å². The lowest BCUT2D eigenvalue weighted by molar-refractivity contribution is -0.121. The number of aromatic hydroxyl groups is 1. The molecular formula is C22H22FN3O3. The Morgan fingerprint density at radius 2 is 2.07 bits per heavy atom. The average Bonchev–Trinajstić information content (AvgIpc) is 3.13. The molecule has 0 saturated heterocycles. The molecule has 2 aromatic carbocycles. The van der Waals surface area contributed by atoms with Crippen molar-refractivity contribution in [2.45, 2.75) is 25.5 Å². The third-order valence-corrected chi connectivity index (χ3v) is 4.91. The summed E-state index contributed by atoms with van der Waals surface area (Å²) in [4.78, 5) is 12.2. The summed E-state index contributed by atoms with van der Waals surface area (Å²) < 4.78 is 21.1. The van der Waals surface area contributed by atoms with E-state index in [2.05, 4.69) is 22.5 Å². The fourth-order valence-corrected chi connectivity index (χ4v) is 3.45. The zero-order valence-electron chi connectivity index (χ0n) is 15.8. The molecule has 0 unspecified atom stereocenters. The fraction of sp³-hybridized carbons (Fsp3) is 0.273. The topological polar surface area (TPSA) is 76.4 Å². The number of carbonyl (C=O) groups excluding carboxylic acids is 1. The molecule has 0 aliphatic carbocycles. The van der Waals surface area contributed by atoms with Crippen LogP contribution in [0.5, 0.6) is 5.75 Å². The van der Waals surface area contributed by atoms with Crippen LogP contribution in [-0.2, 0) is 28.9 Å². The van der Waals surface area contributed by atoms with Crippen molar-refractivity contribution in [3.8, 4) is 5.75 Å². The van der Waals surface area contributed by atoms with Crippen LogP contribution in [0.25, 0.3) is 0 Å². The Hall–Kier alpha value is -3.19. The molecule has 2 N–H and O–H groups in total. The smallest absolute Gasteiger partial charge is 0.224 e. The van der Waals surface area contributed by atoms with Crippen LogP contribution in [0.4, 0.5) is 4.39 Å². The first-order valence-corrected chi connectivity index (χ1v) is 9.54. The van der Waals surface area contributed by atoms with Gasteiger partial charge in [-0.25, -0.2) is 4.39 Å². The molecule has 1 aliphatic heterocycles. The number of hydrogen-bond donors (Lipinski definition) is 2. The number of halogens is 1. The quantitative estimate of drug-likeness (QED) is 0.673. The monoisotopic (exact) mass is 395 g/mol. The minimum absolute atomic E-state index is 0.0270. The van der Waals surface area contributed by atoms with Crippen LogP contribution >= 0.6 is 0 Å². The molecule has 0 radical (unpaired) electrons. The molecule has 0 spiro atoms. The molecule has 2 heterocycles. The van der Waals surface area contributed by atoms with Crippen LogP contribution in [0.15, 0.2) is 54.7 Å². The number of nitrogens with zero attached hydrogens (tertiary/aromatic N) is 2. The van der Waals surface area contributed by atoms with Crippen molar-refractivity contribution in [1.82, 2.24) is 15.1 Å². The molecule has 1 amide bonds. The molecule has 150 valence electrons. The van der Waals surface area contributed by atoms with E-state index < -0.39 is 11.6 Å². The first-order chi connectivity index (χ1) is 14.1. The number of nitrogens with one attached hydrogen (secondary N) is 1. The fourth-order valence-electron chi connectivity index (χ4n) is 3.45. The molecule has 1 atom stereocenters. The van der Waals surface area contributed by atoms with E-state index in [4.69, 9.17) is 4.74 Å². The number of phenols is 1. The van der Waals surface area contributed by atoms with Crippen molar-refractivity contribution in [2.24, 2.45) is 0 Å². The number of phenolic OH excluding ortho intramolecular Hbond substituents is 1. The third-order valence-electron chi connectivity index (χ3n) is 4.91. The Balaban J connectivity index is 1.37. The first-order valence-electron chi connectivity index (χ1n) is 9.54. The first kappa shape index (κ1) is 19.1. The van der Waals surface area contributed by atoms with Crippen LogP contribution < -0.4 is 5.32 Å². The van der Waals surface area contributed by atoms with Crippen molar-refractivity contribution in [2.75, 3.05) is 13.2 Å². The van der Waals surface area contributed by atoms with Crippen molar-refractivity contribution in [3.05, 3.63) is 82.9 Å². The Morgan fingerprint density at radius 3 is 2.86 bits per heavy atom. The number of ether oxygens (including phenoxy) is 1. The normalized spacial score (nSPS) is 15.7. The Labute approximate surface area is 167 Å². The Morgan fingerprint density at radius 1 is 1.24 bits per heavy atom. The lowest BCUT2D eigenvalue weighted by Crippen LogP contribution is -2.32. The Kier molecular flexibility index (Phi) is 5.57. The number of aromatic nitrogens is 2. The van der Waals surface area contributed by atoms with Gasteiger partial charge in [0.2, 0.25) is 5.91 Å². The summed E-state index contributed by atoms with van der Waals surface area (Å²) in [6, 6.07) is 14.0. The lowest BCUT2D eigenvalue weighted by atomic mass is 10.1. The summed E-state index contributed by atoms with van der Waals surface area (Å²) in [5.41, 5.74) is 3.64. The standard InChI is InChI=1S/C22H22FN3O3/c23-18-10-16(6-7-19(18)27)11-21(28)24-12-20-22-17(8-9-29-20)14-26(25-22)13-15-4-2-1-3-5-15/h1-7,10,14,20,27H,8-9,11-13H2,(H,24,28)/t20-/m1/s1. The molecule has 0 fully saturated rings. The summed E-state index contributed by atoms with van der Waals surface area (Å²) in [5.74, 6) is -1.41. The van der Waals surface area contributed by atoms with Gasteiger partial charge in [-0.2, -0.15) is 5.10 Å². The van der Waals surface area contributed by atoms with Crippen LogP contribution in [0.3, 0.4) is 0 Å². The number of rotatable bonds is 6. The van der Waals surface area contributed by atoms with E-state index in [1.54, 1.807) is 0 Å². The van der Waals surface area contributed by atoms with Crippen LogP contribution in [0.2, 0.25) is 0 Å². The summed E-state index contributed by atoms with van der Waals surface area (Å²) in [6.45, 7) is 1.56. The molecule has 4 rings (SSSR count). The average molecular weight is 395 g/mol. The molecule has 1 aromatic heterocycles. The maximum absolute atomic E-state index is 13.4. The van der Waals surface area contributed by atoms with Crippen LogP contribution in [0, 0.1) is 5.82 Å². The van der Waals surface area contributed by atoms with E-state index in [0.29, 0.717) is 25.3 Å². The van der Waals surface area contributed by atoms with E-state index in [9.17, 15) is 14.3 Å². The van der Waals surface area contributed by atoms with Crippen molar-refractivity contribution >= 4 is 5.91 Å². The molecule has 29 heavy (non-hydrogen) atoms. The summed E-state index contributed by atoms with van der Waals surface area (Å²) in [7, 11) is 0. The van der Waals surface area contributed by atoms with Gasteiger partial charge in [-0.05, 0) is 35.2 Å². The van der Waals surface area contributed by atoms with E-state index in [1.165, 1.54) is 17.7 Å². The van der Waals surface area contributed by atoms with Gasteiger partial charge in [0, 0.05) is 12.7 Å². The summed E-state index contributed by atoms with van der Waals surface area (Å²) in [5, 5.41) is 16.7. The number of carbonyl (C=O) groups is 1. The van der Waals surface area contributed by atoms with Gasteiger partial charge in [-0.1, -0.05) is 36.4 Å². The molecule has 0 saturated carbocycles. The van der Waals surface area contributed by atoms with Crippen molar-refractivity contribution in [3.63, 3.8) is 0 Å². The molecule has 1 aliphatic rings. The largest absolute Gasteiger partial charge is 0.505 e. The predicted molar refractivity (Wildman–Crippen MR) is 105 cm³/mol. The van der Waals surface area contributed by atoms with Gasteiger partial charge in [-0.15, -0.1) is 0 Å². The Bertz CT molecular complexity index is 1000. The minimum Gasteiger partial charge on any atom is -0.505 e. The number of hydrogen-bond acceptors (Lipinski definition) is 4. The summed E-state index contributed by atoms with van der Waals surface area (Å²) in [6.07, 6.45) is 2.55. The van der Waals surface area contributed by atoms with Gasteiger partial charge in [0.05, 0.1) is 25.3 Å². The van der Waals surface area contributed by atoms with Gasteiger partial charge >= 0.3 is 0 Å². The summed E-state index contributed by atoms with van der Waals surface area (Å²) >= 11 is 0. The molecule has 0 bridgehead atoms. The van der Waals surface area contributed by atoms with Gasteiger partial charge in [0.25, 0.3) is 0 Å². The molecular weight excluding hydrogens is 373 g/mol. The second-order valence-corrected chi connectivity index (χ2v) is 7.10. The van der Waals surface area contributed by atoms with Gasteiger partial charge in [0.15, 0.2) is 11.6 Å². The van der Waals surface area contributed by atoms with Gasteiger partial charge < -0.3 is 15.2 Å². The SMILES string of the molecule is O=C(Cc1ccc(O)c(F)c1)NC[C@H]1OCCc2cn(Cc3ccccc3)nc21. The molecule has 7 heteroatoms. The van der Waals surface area contributed by atoms with Crippen molar-refractivity contribution in [1.29, 1.82) is 0 Å². The zero-order chi connectivity index (χ0) is 20.2. The highest BCUT2D eigenvalue weighted by Gasteiger charge is 2.25. The van der Waals surface area contributed by atoms with Crippen LogP contribution in [0.1, 0.15) is 28.5 Å². The second-order valence-electron chi connectivity index (χ2n) is 7.10. The van der Waals surface area contributed by atoms with Crippen LogP contribution in [-0.4, -0.2) is 33.9 Å². The highest BCUT2D eigenvalue weighted by molar-refractivity contribution is 5.78.